The van der Waals surface area contributed by atoms with Crippen LogP contribution in [0.4, 0.5) is 0 Å². The first-order chi connectivity index (χ1) is 8.94. The zero-order valence-electron chi connectivity index (χ0n) is 10.4. The maximum absolute atomic E-state index is 12.2. The molecule has 1 aromatic rings. The van der Waals surface area contributed by atoms with E-state index in [2.05, 4.69) is 4.72 Å². The highest BCUT2D eigenvalue weighted by atomic mass is 35.5. The van der Waals surface area contributed by atoms with Crippen molar-refractivity contribution in [2.24, 2.45) is 0 Å². The van der Waals surface area contributed by atoms with Gasteiger partial charge in [0.2, 0.25) is 10.0 Å². The van der Waals surface area contributed by atoms with Crippen molar-refractivity contribution in [1.82, 2.24) is 9.62 Å². The fourth-order valence-electron chi connectivity index (χ4n) is 2.07. The molecule has 1 unspecified atom stereocenters. The molecule has 1 atom stereocenters. The lowest BCUT2D eigenvalue weighted by atomic mass is 10.4. The van der Waals surface area contributed by atoms with Gasteiger partial charge in [-0.3, -0.25) is 4.79 Å². The molecule has 0 spiro atoms. The van der Waals surface area contributed by atoms with Gasteiger partial charge in [0, 0.05) is 19.6 Å². The van der Waals surface area contributed by atoms with Crippen LogP contribution in [0.5, 0.6) is 0 Å². The van der Waals surface area contributed by atoms with Gasteiger partial charge in [0.05, 0.1) is 14.5 Å². The Kier molecular flexibility index (Phi) is 4.50. The monoisotopic (exact) mass is 322 g/mol. The number of likely N-dealkylation sites (tertiary alicyclic amines) is 1. The average Bonchev–Trinajstić information content (AvgIpc) is 2.96. The fraction of sp³-hybridized carbons (Fsp3) is 0.545. The predicted octanol–water partition coefficient (Wildman–Crippen LogP) is 1.56. The summed E-state index contributed by atoms with van der Waals surface area (Å²) in [6.07, 6.45) is 0.472. The Labute approximate surface area is 121 Å². The van der Waals surface area contributed by atoms with Gasteiger partial charge in [-0.2, -0.15) is 0 Å². The number of nitrogens with one attached hydrogen (secondary N) is 1. The lowest BCUT2D eigenvalue weighted by molar-refractivity contribution is 0.0798. The third kappa shape index (κ3) is 3.28. The average molecular weight is 323 g/mol. The molecule has 0 aliphatic carbocycles. The molecule has 1 fully saturated rings. The molecule has 1 aliphatic heterocycles. The summed E-state index contributed by atoms with van der Waals surface area (Å²) in [5.74, 6) is -0.147. The summed E-state index contributed by atoms with van der Waals surface area (Å²) < 4.78 is 26.8. The number of sulfonamides is 1. The summed E-state index contributed by atoms with van der Waals surface area (Å²) >= 11 is 7.01. The van der Waals surface area contributed by atoms with Crippen LogP contribution < -0.4 is 4.72 Å². The number of rotatable bonds is 4. The summed E-state index contributed by atoms with van der Waals surface area (Å²) in [6.45, 7) is 2.81. The van der Waals surface area contributed by atoms with Gasteiger partial charge in [-0.05, 0) is 18.6 Å². The van der Waals surface area contributed by atoms with Crippen molar-refractivity contribution >= 4 is 38.9 Å². The summed E-state index contributed by atoms with van der Waals surface area (Å²) in [5.41, 5.74) is 0. The summed E-state index contributed by atoms with van der Waals surface area (Å²) in [6, 6.07) is 3.34. The van der Waals surface area contributed by atoms with E-state index >= 15 is 0 Å². The molecule has 2 rings (SSSR count). The van der Waals surface area contributed by atoms with E-state index in [0.717, 1.165) is 0 Å². The zero-order valence-corrected chi connectivity index (χ0v) is 12.8. The van der Waals surface area contributed by atoms with Crippen molar-refractivity contribution in [3.63, 3.8) is 0 Å². The van der Waals surface area contributed by atoms with Crippen LogP contribution >= 0.6 is 22.9 Å². The second-order valence-corrected chi connectivity index (χ2v) is 8.07. The lowest BCUT2D eigenvalue weighted by Crippen LogP contribution is -2.37. The summed E-state index contributed by atoms with van der Waals surface area (Å²) in [4.78, 5) is 14.3. The van der Waals surface area contributed by atoms with Crippen LogP contribution in [-0.4, -0.2) is 44.1 Å². The second-order valence-electron chi connectivity index (χ2n) is 4.31. The van der Waals surface area contributed by atoms with Gasteiger partial charge in [-0.1, -0.05) is 18.5 Å². The largest absolute Gasteiger partial charge is 0.337 e. The summed E-state index contributed by atoms with van der Waals surface area (Å²) in [5, 5.41) is -0.521. The van der Waals surface area contributed by atoms with Gasteiger partial charge in [-0.25, -0.2) is 13.1 Å². The highest BCUT2D eigenvalue weighted by Crippen LogP contribution is 2.25. The summed E-state index contributed by atoms with van der Waals surface area (Å²) in [7, 11) is -3.32. The molecule has 0 radical (unpaired) electrons. The number of hydrogen-bond donors (Lipinski definition) is 1. The van der Waals surface area contributed by atoms with Gasteiger partial charge in [-0.15, -0.1) is 11.3 Å². The van der Waals surface area contributed by atoms with Gasteiger partial charge in [0.25, 0.3) is 5.91 Å². The molecule has 1 amide bonds. The molecule has 0 aromatic carbocycles. The number of amides is 1. The number of carbonyl (C=O) groups excluding carboxylic acids is 1. The van der Waals surface area contributed by atoms with E-state index in [9.17, 15) is 13.2 Å². The third-order valence-corrected chi connectivity index (χ3v) is 6.17. The van der Waals surface area contributed by atoms with Crippen LogP contribution in [0.3, 0.4) is 0 Å². The molecule has 0 bridgehead atoms. The Morgan fingerprint density at radius 2 is 2.32 bits per heavy atom. The molecular weight excluding hydrogens is 308 g/mol. The number of nitrogens with zero attached hydrogens (tertiary/aromatic N) is 1. The zero-order chi connectivity index (χ0) is 14.0. The van der Waals surface area contributed by atoms with Crippen molar-refractivity contribution in [3.8, 4) is 0 Å². The van der Waals surface area contributed by atoms with Crippen LogP contribution in [0.2, 0.25) is 4.34 Å². The predicted molar refractivity (Wildman–Crippen MR) is 76.2 cm³/mol. The topological polar surface area (TPSA) is 66.5 Å². The minimum Gasteiger partial charge on any atom is -0.337 e. The molecule has 2 heterocycles. The van der Waals surface area contributed by atoms with Crippen molar-refractivity contribution in [2.45, 2.75) is 18.6 Å². The van der Waals surface area contributed by atoms with Gasteiger partial charge < -0.3 is 4.90 Å². The van der Waals surface area contributed by atoms with E-state index < -0.39 is 15.3 Å². The Balaban J connectivity index is 2.04. The van der Waals surface area contributed by atoms with E-state index in [1.165, 1.54) is 11.3 Å². The van der Waals surface area contributed by atoms with Gasteiger partial charge in [0.15, 0.2) is 0 Å². The molecule has 106 valence electrons. The quantitative estimate of drug-likeness (QED) is 0.914. The highest BCUT2D eigenvalue weighted by molar-refractivity contribution is 7.90. The van der Waals surface area contributed by atoms with Crippen molar-refractivity contribution < 1.29 is 13.2 Å². The van der Waals surface area contributed by atoms with Crippen LogP contribution in [0.1, 0.15) is 23.0 Å². The smallest absolute Gasteiger partial charge is 0.264 e. The van der Waals surface area contributed by atoms with Crippen molar-refractivity contribution in [3.05, 3.63) is 21.3 Å². The maximum Gasteiger partial charge on any atom is 0.264 e. The third-order valence-electron chi connectivity index (χ3n) is 3.00. The van der Waals surface area contributed by atoms with E-state index in [4.69, 9.17) is 11.6 Å². The fourth-order valence-corrected chi connectivity index (χ4v) is 4.51. The molecule has 19 heavy (non-hydrogen) atoms. The number of carbonyl (C=O) groups is 1. The van der Waals surface area contributed by atoms with E-state index in [0.29, 0.717) is 28.7 Å². The standard InChI is InChI=1S/C11H15ClN2O3S2/c1-2-13-19(16,17)8-5-6-14(7-8)11(15)9-3-4-10(12)18-9/h3-4,8,13H,2,5-7H2,1H3. The van der Waals surface area contributed by atoms with Crippen molar-refractivity contribution in [1.29, 1.82) is 0 Å². The molecular formula is C11H15ClN2O3S2. The SMILES string of the molecule is CCNS(=O)(=O)C1CCN(C(=O)c2ccc(Cl)s2)C1. The number of thiophene rings is 1. The first kappa shape index (κ1) is 14.8. The van der Waals surface area contributed by atoms with Crippen LogP contribution in [0.15, 0.2) is 12.1 Å². The maximum atomic E-state index is 12.2. The molecule has 8 heteroatoms. The van der Waals surface area contributed by atoms with Gasteiger partial charge >= 0.3 is 0 Å². The highest BCUT2D eigenvalue weighted by Gasteiger charge is 2.35. The van der Waals surface area contributed by atoms with E-state index in [-0.39, 0.29) is 12.5 Å². The Bertz CT molecular complexity index is 570. The first-order valence-electron chi connectivity index (χ1n) is 5.97. The number of halogens is 1. The molecule has 1 aromatic heterocycles. The van der Waals surface area contributed by atoms with Crippen LogP contribution in [-0.2, 0) is 10.0 Å². The first-order valence-corrected chi connectivity index (χ1v) is 8.71. The normalized spacial score (nSPS) is 19.9. The van der Waals surface area contributed by atoms with Gasteiger partial charge in [0.1, 0.15) is 0 Å². The Morgan fingerprint density at radius 3 is 2.89 bits per heavy atom. The molecule has 1 saturated heterocycles. The minimum absolute atomic E-state index is 0.147. The van der Waals surface area contributed by atoms with E-state index in [1.807, 2.05) is 0 Å². The molecule has 1 N–H and O–H groups in total. The lowest BCUT2D eigenvalue weighted by Gasteiger charge is -2.15. The molecule has 5 nitrogen and oxygen atoms in total. The van der Waals surface area contributed by atoms with E-state index in [1.54, 1.807) is 24.0 Å². The van der Waals surface area contributed by atoms with Crippen LogP contribution in [0, 0.1) is 0 Å². The Morgan fingerprint density at radius 1 is 1.58 bits per heavy atom. The molecule has 0 saturated carbocycles. The van der Waals surface area contributed by atoms with Crippen LogP contribution in [0.25, 0.3) is 0 Å². The second kappa shape index (κ2) is 5.78. The minimum atomic E-state index is -3.32. The number of hydrogen-bond acceptors (Lipinski definition) is 4. The Hall–Kier alpha value is -0.630. The van der Waals surface area contributed by atoms with Crippen molar-refractivity contribution in [2.75, 3.05) is 19.6 Å². The molecule has 1 aliphatic rings.